The van der Waals surface area contributed by atoms with Crippen molar-refractivity contribution < 1.29 is 14.7 Å². The molecule has 1 aromatic carbocycles. The highest BCUT2D eigenvalue weighted by Crippen LogP contribution is 2.42. The fraction of sp³-hybridized carbons (Fsp3) is 0.500. The first-order chi connectivity index (χ1) is 8.74. The Morgan fingerprint density at radius 1 is 1.26 bits per heavy atom. The fourth-order valence-corrected chi connectivity index (χ4v) is 3.00. The number of rotatable bonds is 1. The van der Waals surface area contributed by atoms with Crippen molar-refractivity contribution in [1.82, 2.24) is 0 Å². The Labute approximate surface area is 113 Å². The Morgan fingerprint density at radius 2 is 1.89 bits per heavy atom. The van der Waals surface area contributed by atoms with Crippen LogP contribution in [0.2, 0.25) is 0 Å². The maximum Gasteiger partial charge on any atom is 0.153 e. The second-order valence-corrected chi connectivity index (χ2v) is 6.23. The van der Waals surface area contributed by atoms with Gasteiger partial charge in [-0.05, 0) is 36.6 Å². The average molecular weight is 260 g/mol. The Morgan fingerprint density at radius 3 is 2.53 bits per heavy atom. The van der Waals surface area contributed by atoms with Crippen molar-refractivity contribution in [2.45, 2.75) is 40.0 Å². The van der Waals surface area contributed by atoms with E-state index in [9.17, 15) is 14.7 Å². The molecule has 1 aliphatic carbocycles. The second-order valence-electron chi connectivity index (χ2n) is 6.23. The number of phenols is 1. The molecular formula is C16H20O3. The number of carbonyl (C=O) groups excluding carboxylic acids is 2. The SMILES string of the molecule is Cc1ccc(O)cc1C1C(=O)C(C)CC(C)(C)C1=O. The first-order valence-electron chi connectivity index (χ1n) is 6.61. The number of phenolic OH excluding ortho intramolecular Hbond substituents is 1. The molecule has 0 aliphatic heterocycles. The van der Waals surface area contributed by atoms with E-state index in [1.54, 1.807) is 18.2 Å². The normalized spacial score (nSPS) is 26.5. The van der Waals surface area contributed by atoms with Gasteiger partial charge in [0.15, 0.2) is 11.6 Å². The zero-order valence-electron chi connectivity index (χ0n) is 11.9. The first kappa shape index (κ1) is 13.8. The lowest BCUT2D eigenvalue weighted by Gasteiger charge is -2.37. The Bertz CT molecular complexity index is 543. The Balaban J connectivity index is 2.54. The smallest absolute Gasteiger partial charge is 0.153 e. The minimum atomic E-state index is -0.731. The van der Waals surface area contributed by atoms with E-state index in [0.29, 0.717) is 12.0 Å². The zero-order chi connectivity index (χ0) is 14.4. The van der Waals surface area contributed by atoms with Crippen LogP contribution in [0.4, 0.5) is 0 Å². The molecule has 0 amide bonds. The van der Waals surface area contributed by atoms with Crippen molar-refractivity contribution in [2.75, 3.05) is 0 Å². The molecule has 2 rings (SSSR count). The molecule has 0 aromatic heterocycles. The molecule has 2 unspecified atom stereocenters. The third-order valence-corrected chi connectivity index (χ3v) is 4.09. The van der Waals surface area contributed by atoms with Gasteiger partial charge in [-0.25, -0.2) is 0 Å². The van der Waals surface area contributed by atoms with Crippen LogP contribution in [0.15, 0.2) is 18.2 Å². The van der Waals surface area contributed by atoms with E-state index in [4.69, 9.17) is 0 Å². The maximum absolute atomic E-state index is 12.6. The van der Waals surface area contributed by atoms with Gasteiger partial charge in [-0.2, -0.15) is 0 Å². The predicted octanol–water partition coefficient (Wildman–Crippen LogP) is 2.99. The van der Waals surface area contributed by atoms with Crippen LogP contribution in [0.5, 0.6) is 5.75 Å². The average Bonchev–Trinajstić information content (AvgIpc) is 2.31. The maximum atomic E-state index is 12.6. The molecule has 19 heavy (non-hydrogen) atoms. The van der Waals surface area contributed by atoms with E-state index in [-0.39, 0.29) is 23.2 Å². The van der Waals surface area contributed by atoms with E-state index in [1.165, 1.54) is 0 Å². The van der Waals surface area contributed by atoms with Gasteiger partial charge in [0.2, 0.25) is 0 Å². The van der Waals surface area contributed by atoms with Crippen molar-refractivity contribution in [3.05, 3.63) is 29.3 Å². The summed E-state index contributed by atoms with van der Waals surface area (Å²) in [6.45, 7) is 7.52. The largest absolute Gasteiger partial charge is 0.508 e. The number of hydrogen-bond donors (Lipinski definition) is 1. The molecule has 3 nitrogen and oxygen atoms in total. The molecular weight excluding hydrogens is 240 g/mol. The third kappa shape index (κ3) is 2.29. The van der Waals surface area contributed by atoms with Gasteiger partial charge in [-0.1, -0.05) is 26.8 Å². The van der Waals surface area contributed by atoms with Crippen LogP contribution >= 0.6 is 0 Å². The monoisotopic (exact) mass is 260 g/mol. The van der Waals surface area contributed by atoms with E-state index in [2.05, 4.69) is 0 Å². The summed E-state index contributed by atoms with van der Waals surface area (Å²) in [5, 5.41) is 9.61. The van der Waals surface area contributed by atoms with Crippen LogP contribution in [0.25, 0.3) is 0 Å². The highest BCUT2D eigenvalue weighted by atomic mass is 16.3. The van der Waals surface area contributed by atoms with Gasteiger partial charge in [0.05, 0.1) is 0 Å². The number of Topliss-reactive ketones (excluding diaryl/α,β-unsaturated/α-hetero) is 2. The summed E-state index contributed by atoms with van der Waals surface area (Å²) in [4.78, 5) is 24.9. The molecule has 0 bridgehead atoms. The van der Waals surface area contributed by atoms with Crippen LogP contribution in [0.3, 0.4) is 0 Å². The molecule has 1 aromatic rings. The lowest BCUT2D eigenvalue weighted by Crippen LogP contribution is -2.43. The van der Waals surface area contributed by atoms with Crippen molar-refractivity contribution in [3.8, 4) is 5.75 Å². The highest BCUT2D eigenvalue weighted by Gasteiger charge is 2.46. The van der Waals surface area contributed by atoms with E-state index in [1.807, 2.05) is 27.7 Å². The van der Waals surface area contributed by atoms with Gasteiger partial charge < -0.3 is 5.11 Å². The van der Waals surface area contributed by atoms with Crippen molar-refractivity contribution in [1.29, 1.82) is 0 Å². The Hall–Kier alpha value is -1.64. The summed E-state index contributed by atoms with van der Waals surface area (Å²) in [7, 11) is 0. The number of carbonyl (C=O) groups is 2. The van der Waals surface area contributed by atoms with E-state index >= 15 is 0 Å². The van der Waals surface area contributed by atoms with E-state index in [0.717, 1.165) is 5.56 Å². The lowest BCUT2D eigenvalue weighted by atomic mass is 9.64. The molecule has 0 heterocycles. The molecule has 0 radical (unpaired) electrons. The summed E-state index contributed by atoms with van der Waals surface area (Å²) in [5.74, 6) is -0.829. The molecule has 0 saturated heterocycles. The summed E-state index contributed by atoms with van der Waals surface area (Å²) >= 11 is 0. The van der Waals surface area contributed by atoms with Crippen LogP contribution in [-0.4, -0.2) is 16.7 Å². The predicted molar refractivity (Wildman–Crippen MR) is 73.2 cm³/mol. The zero-order valence-corrected chi connectivity index (χ0v) is 11.9. The lowest BCUT2D eigenvalue weighted by molar-refractivity contribution is -0.142. The van der Waals surface area contributed by atoms with Crippen LogP contribution in [0, 0.1) is 18.3 Å². The van der Waals surface area contributed by atoms with Gasteiger partial charge in [-0.3, -0.25) is 9.59 Å². The second kappa shape index (κ2) is 4.48. The number of hydrogen-bond acceptors (Lipinski definition) is 3. The number of aryl methyl sites for hydroxylation is 1. The quantitative estimate of drug-likeness (QED) is 0.790. The van der Waals surface area contributed by atoms with Crippen LogP contribution in [0.1, 0.15) is 44.2 Å². The summed E-state index contributed by atoms with van der Waals surface area (Å²) < 4.78 is 0. The molecule has 1 saturated carbocycles. The highest BCUT2D eigenvalue weighted by molar-refractivity contribution is 6.12. The van der Waals surface area contributed by atoms with Crippen LogP contribution < -0.4 is 0 Å². The number of benzene rings is 1. The van der Waals surface area contributed by atoms with E-state index < -0.39 is 11.3 Å². The van der Waals surface area contributed by atoms with Crippen molar-refractivity contribution in [3.63, 3.8) is 0 Å². The molecule has 1 aliphatic rings. The molecule has 1 fully saturated rings. The molecule has 1 N–H and O–H groups in total. The standard InChI is InChI=1S/C16H20O3/c1-9-5-6-11(17)7-12(9)13-14(18)10(2)8-16(3,4)15(13)19/h5-7,10,13,17H,8H2,1-4H3. The molecule has 0 spiro atoms. The van der Waals surface area contributed by atoms with Gasteiger partial charge in [0, 0.05) is 11.3 Å². The fourth-order valence-electron chi connectivity index (χ4n) is 3.00. The van der Waals surface area contributed by atoms with Gasteiger partial charge >= 0.3 is 0 Å². The summed E-state index contributed by atoms with van der Waals surface area (Å²) in [6.07, 6.45) is 0.596. The number of aromatic hydroxyl groups is 1. The first-order valence-corrected chi connectivity index (χ1v) is 6.61. The van der Waals surface area contributed by atoms with Crippen molar-refractivity contribution >= 4 is 11.6 Å². The van der Waals surface area contributed by atoms with Crippen molar-refractivity contribution in [2.24, 2.45) is 11.3 Å². The Kier molecular flexibility index (Phi) is 3.25. The molecule has 102 valence electrons. The summed E-state index contributed by atoms with van der Waals surface area (Å²) in [6, 6.07) is 4.87. The summed E-state index contributed by atoms with van der Waals surface area (Å²) in [5.41, 5.74) is 1.03. The topological polar surface area (TPSA) is 54.4 Å². The van der Waals surface area contributed by atoms with Gasteiger partial charge in [-0.15, -0.1) is 0 Å². The minimum absolute atomic E-state index is 0.0296. The third-order valence-electron chi connectivity index (χ3n) is 4.09. The number of ketones is 2. The molecule has 2 atom stereocenters. The van der Waals surface area contributed by atoms with Gasteiger partial charge in [0.25, 0.3) is 0 Å². The minimum Gasteiger partial charge on any atom is -0.508 e. The van der Waals surface area contributed by atoms with Crippen LogP contribution in [-0.2, 0) is 9.59 Å². The van der Waals surface area contributed by atoms with Gasteiger partial charge in [0.1, 0.15) is 11.7 Å². The molecule has 3 heteroatoms.